The Morgan fingerprint density at radius 2 is 2.00 bits per heavy atom. The quantitative estimate of drug-likeness (QED) is 0.786. The van der Waals surface area contributed by atoms with Crippen molar-refractivity contribution in [2.24, 2.45) is 0 Å². The van der Waals surface area contributed by atoms with Crippen LogP contribution in [0.5, 0.6) is 6.01 Å². The highest BCUT2D eigenvalue weighted by atomic mass is 16.5. The van der Waals surface area contributed by atoms with Crippen LogP contribution in [0.4, 0.5) is 11.9 Å². The number of nitrogens with zero attached hydrogens (tertiary/aromatic N) is 5. The van der Waals surface area contributed by atoms with E-state index in [4.69, 9.17) is 10.00 Å². The SMILES string of the molecule is CCCNc1nc(OC(C)C)nc(N(C)C(C)CC#N)n1. The van der Waals surface area contributed by atoms with E-state index in [0.717, 1.165) is 13.0 Å². The van der Waals surface area contributed by atoms with Gasteiger partial charge in [-0.3, -0.25) is 0 Å². The van der Waals surface area contributed by atoms with Crippen molar-refractivity contribution in [3.8, 4) is 12.1 Å². The number of rotatable bonds is 8. The molecule has 21 heavy (non-hydrogen) atoms. The van der Waals surface area contributed by atoms with Crippen molar-refractivity contribution in [2.75, 3.05) is 23.8 Å². The Morgan fingerprint density at radius 3 is 2.57 bits per heavy atom. The molecule has 1 rings (SSSR count). The first-order chi connectivity index (χ1) is 9.97. The average Bonchev–Trinajstić information content (AvgIpc) is 2.43. The molecule has 1 heterocycles. The molecule has 0 radical (unpaired) electrons. The Kier molecular flexibility index (Phi) is 6.66. The van der Waals surface area contributed by atoms with Gasteiger partial charge in [0.15, 0.2) is 0 Å². The van der Waals surface area contributed by atoms with Crippen LogP contribution in [0.2, 0.25) is 0 Å². The molecule has 0 fully saturated rings. The van der Waals surface area contributed by atoms with E-state index < -0.39 is 0 Å². The van der Waals surface area contributed by atoms with Gasteiger partial charge >= 0.3 is 6.01 Å². The summed E-state index contributed by atoms with van der Waals surface area (Å²) < 4.78 is 5.57. The van der Waals surface area contributed by atoms with Gasteiger partial charge in [-0.05, 0) is 27.2 Å². The van der Waals surface area contributed by atoms with Gasteiger partial charge in [0.1, 0.15) is 0 Å². The highest BCUT2D eigenvalue weighted by Gasteiger charge is 2.16. The third-order valence-corrected chi connectivity index (χ3v) is 2.84. The van der Waals surface area contributed by atoms with Gasteiger partial charge in [-0.15, -0.1) is 0 Å². The summed E-state index contributed by atoms with van der Waals surface area (Å²) in [7, 11) is 1.86. The Morgan fingerprint density at radius 1 is 1.29 bits per heavy atom. The highest BCUT2D eigenvalue weighted by Crippen LogP contribution is 2.17. The van der Waals surface area contributed by atoms with Crippen LogP contribution in [0.15, 0.2) is 0 Å². The number of ether oxygens (including phenoxy) is 1. The summed E-state index contributed by atoms with van der Waals surface area (Å²) >= 11 is 0. The molecule has 0 spiro atoms. The summed E-state index contributed by atoms with van der Waals surface area (Å²) in [5.74, 6) is 0.996. The van der Waals surface area contributed by atoms with Gasteiger partial charge in [-0.2, -0.15) is 20.2 Å². The number of nitriles is 1. The summed E-state index contributed by atoms with van der Waals surface area (Å²) in [6.07, 6.45) is 1.36. The molecule has 0 aliphatic rings. The Hall–Kier alpha value is -2.10. The first-order valence-electron chi connectivity index (χ1n) is 7.24. The zero-order chi connectivity index (χ0) is 15.8. The van der Waals surface area contributed by atoms with Gasteiger partial charge < -0.3 is 15.0 Å². The first-order valence-corrected chi connectivity index (χ1v) is 7.24. The van der Waals surface area contributed by atoms with Crippen LogP contribution in [0.3, 0.4) is 0 Å². The van der Waals surface area contributed by atoms with Crippen molar-refractivity contribution in [1.82, 2.24) is 15.0 Å². The predicted octanol–water partition coefficient (Wildman–Crippen LogP) is 2.22. The second-order valence-electron chi connectivity index (χ2n) is 5.16. The second-order valence-corrected chi connectivity index (χ2v) is 5.16. The van der Waals surface area contributed by atoms with Gasteiger partial charge in [-0.1, -0.05) is 6.92 Å². The van der Waals surface area contributed by atoms with E-state index in [1.54, 1.807) is 0 Å². The van der Waals surface area contributed by atoms with Crippen molar-refractivity contribution in [3.63, 3.8) is 0 Å². The zero-order valence-corrected chi connectivity index (χ0v) is 13.4. The molecule has 0 saturated heterocycles. The van der Waals surface area contributed by atoms with Crippen LogP contribution in [0.25, 0.3) is 0 Å². The van der Waals surface area contributed by atoms with Gasteiger partial charge in [0.25, 0.3) is 0 Å². The largest absolute Gasteiger partial charge is 0.461 e. The predicted molar refractivity (Wildman–Crippen MR) is 82.5 cm³/mol. The lowest BCUT2D eigenvalue weighted by Crippen LogP contribution is -2.30. The number of nitrogens with one attached hydrogen (secondary N) is 1. The third-order valence-electron chi connectivity index (χ3n) is 2.84. The van der Waals surface area contributed by atoms with Gasteiger partial charge in [0.05, 0.1) is 18.6 Å². The topological polar surface area (TPSA) is 87.0 Å². The number of hydrogen-bond donors (Lipinski definition) is 1. The van der Waals surface area contributed by atoms with Crippen molar-refractivity contribution in [3.05, 3.63) is 0 Å². The fraction of sp³-hybridized carbons (Fsp3) is 0.714. The summed E-state index contributed by atoms with van der Waals surface area (Å²) in [5.41, 5.74) is 0. The molecule has 116 valence electrons. The fourth-order valence-corrected chi connectivity index (χ4v) is 1.55. The molecule has 0 saturated carbocycles. The van der Waals surface area contributed by atoms with Crippen LogP contribution in [0, 0.1) is 11.3 Å². The molecular formula is C14H24N6O. The molecule has 1 unspecified atom stereocenters. The molecule has 1 N–H and O–H groups in total. The standard InChI is InChI=1S/C14H24N6O/c1-6-9-16-12-17-13(20(5)11(4)7-8-15)19-14(18-12)21-10(2)3/h10-11H,6-7,9H2,1-5H3,(H,16,17,18,19). The van der Waals surface area contributed by atoms with Gasteiger partial charge in [0.2, 0.25) is 11.9 Å². The molecule has 0 aromatic carbocycles. The number of aromatic nitrogens is 3. The van der Waals surface area contributed by atoms with E-state index in [9.17, 15) is 0 Å². The molecule has 0 bridgehead atoms. The summed E-state index contributed by atoms with van der Waals surface area (Å²) in [5, 5.41) is 12.0. The average molecular weight is 292 g/mol. The molecule has 0 aliphatic heterocycles. The van der Waals surface area contributed by atoms with Crippen LogP contribution < -0.4 is 15.0 Å². The summed E-state index contributed by atoms with van der Waals surface area (Å²) in [4.78, 5) is 14.8. The normalized spacial score (nSPS) is 11.9. The minimum Gasteiger partial charge on any atom is -0.461 e. The van der Waals surface area contributed by atoms with Crippen LogP contribution in [0.1, 0.15) is 40.5 Å². The third kappa shape index (κ3) is 5.42. The molecule has 0 amide bonds. The lowest BCUT2D eigenvalue weighted by molar-refractivity contribution is 0.222. The molecule has 1 atom stereocenters. The maximum atomic E-state index is 8.81. The molecule has 7 nitrogen and oxygen atoms in total. The second kappa shape index (κ2) is 8.25. The van der Waals surface area contributed by atoms with Crippen LogP contribution in [-0.4, -0.2) is 40.7 Å². The van der Waals surface area contributed by atoms with Gasteiger partial charge in [-0.25, -0.2) is 0 Å². The smallest absolute Gasteiger partial charge is 0.323 e. The summed E-state index contributed by atoms with van der Waals surface area (Å²) in [6, 6.07) is 2.47. The first kappa shape index (κ1) is 17.0. The monoisotopic (exact) mass is 292 g/mol. The maximum Gasteiger partial charge on any atom is 0.323 e. The van der Waals surface area contributed by atoms with Crippen molar-refractivity contribution < 1.29 is 4.74 Å². The Balaban J connectivity index is 3.02. The highest BCUT2D eigenvalue weighted by molar-refractivity contribution is 5.38. The Bertz CT molecular complexity index is 485. The molecule has 0 aliphatic carbocycles. The van der Waals surface area contributed by atoms with Crippen LogP contribution >= 0.6 is 0 Å². The van der Waals surface area contributed by atoms with E-state index in [-0.39, 0.29) is 12.1 Å². The van der Waals surface area contributed by atoms with Gasteiger partial charge in [0, 0.05) is 19.6 Å². The minimum absolute atomic E-state index is 0.0129. The lowest BCUT2D eigenvalue weighted by Gasteiger charge is -2.23. The Labute approximate surface area is 126 Å². The van der Waals surface area contributed by atoms with Crippen molar-refractivity contribution in [1.29, 1.82) is 5.26 Å². The van der Waals surface area contributed by atoms with Crippen molar-refractivity contribution >= 4 is 11.9 Å². The lowest BCUT2D eigenvalue weighted by atomic mass is 10.2. The number of anilines is 2. The fourth-order valence-electron chi connectivity index (χ4n) is 1.55. The number of hydrogen-bond acceptors (Lipinski definition) is 7. The van der Waals surface area contributed by atoms with E-state index >= 15 is 0 Å². The molecule has 7 heteroatoms. The van der Waals surface area contributed by atoms with E-state index in [1.165, 1.54) is 0 Å². The molecule has 1 aromatic rings. The zero-order valence-electron chi connectivity index (χ0n) is 13.4. The summed E-state index contributed by atoms with van der Waals surface area (Å²) in [6.45, 7) is 8.65. The van der Waals surface area contributed by atoms with E-state index in [2.05, 4.69) is 33.3 Å². The maximum absolute atomic E-state index is 8.81. The van der Waals surface area contributed by atoms with Crippen LogP contribution in [-0.2, 0) is 0 Å². The minimum atomic E-state index is -0.0129. The van der Waals surface area contributed by atoms with Crippen molar-refractivity contribution in [2.45, 2.75) is 52.7 Å². The van der Waals surface area contributed by atoms with E-state index in [0.29, 0.717) is 24.3 Å². The molecule has 1 aromatic heterocycles. The van der Waals surface area contributed by atoms with E-state index in [1.807, 2.05) is 32.7 Å². The molecular weight excluding hydrogens is 268 g/mol.